The molecule has 2 rings (SSSR count). The molecule has 0 spiro atoms. The molecule has 0 N–H and O–H groups in total. The summed E-state index contributed by atoms with van der Waals surface area (Å²) in [4.78, 5) is 0. The molecular formula is C18H19N. The van der Waals surface area contributed by atoms with Crippen molar-refractivity contribution in [3.8, 4) is 17.2 Å². The van der Waals surface area contributed by atoms with Gasteiger partial charge in [-0.2, -0.15) is 5.26 Å². The summed E-state index contributed by atoms with van der Waals surface area (Å²) in [5.74, 6) is 0. The van der Waals surface area contributed by atoms with Crippen molar-refractivity contribution in [2.45, 2.75) is 33.1 Å². The second-order valence-electron chi connectivity index (χ2n) is 5.69. The lowest BCUT2D eigenvalue weighted by molar-refractivity contribution is 0.687. The minimum atomic E-state index is -0.430. The van der Waals surface area contributed by atoms with Crippen LogP contribution in [0.3, 0.4) is 0 Å². The summed E-state index contributed by atoms with van der Waals surface area (Å²) in [6, 6.07) is 17.2. The Bertz CT molecular complexity index is 607. The number of benzene rings is 2. The predicted molar refractivity (Wildman–Crippen MR) is 80.0 cm³/mol. The van der Waals surface area contributed by atoms with Gasteiger partial charge in [-0.15, -0.1) is 0 Å². The van der Waals surface area contributed by atoms with E-state index >= 15 is 0 Å². The maximum Gasteiger partial charge on any atom is 0.0766 e. The zero-order chi connectivity index (χ0) is 14.0. The monoisotopic (exact) mass is 249 g/mol. The molecule has 0 radical (unpaired) electrons. The summed E-state index contributed by atoms with van der Waals surface area (Å²) in [5.41, 5.74) is 5.61. The van der Waals surface area contributed by atoms with Gasteiger partial charge in [0.2, 0.25) is 0 Å². The van der Waals surface area contributed by atoms with Crippen LogP contribution in [-0.4, -0.2) is 0 Å². The van der Waals surface area contributed by atoms with E-state index < -0.39 is 5.41 Å². The first-order chi connectivity index (χ1) is 8.92. The van der Waals surface area contributed by atoms with E-state index in [1.54, 1.807) is 0 Å². The number of nitriles is 1. The number of aryl methyl sites for hydroxylation is 2. The molecule has 0 amide bonds. The van der Waals surface area contributed by atoms with E-state index in [1.165, 1.54) is 22.3 Å². The summed E-state index contributed by atoms with van der Waals surface area (Å²) < 4.78 is 0. The average molecular weight is 249 g/mol. The first kappa shape index (κ1) is 13.4. The third-order valence-electron chi connectivity index (χ3n) is 3.44. The van der Waals surface area contributed by atoms with Gasteiger partial charge in [-0.1, -0.05) is 53.6 Å². The van der Waals surface area contributed by atoms with Crippen molar-refractivity contribution in [3.05, 3.63) is 59.2 Å². The van der Waals surface area contributed by atoms with Crippen LogP contribution >= 0.6 is 0 Å². The number of rotatable bonds is 2. The van der Waals surface area contributed by atoms with Gasteiger partial charge < -0.3 is 0 Å². The highest BCUT2D eigenvalue weighted by molar-refractivity contribution is 5.65. The molecule has 0 aliphatic heterocycles. The SMILES string of the molecule is Cc1cc(C)cc(-c2ccc(C(C)(C)C#N)cc2)c1. The van der Waals surface area contributed by atoms with Crippen LogP contribution in [-0.2, 0) is 5.41 Å². The molecule has 0 aliphatic carbocycles. The molecule has 1 heteroatoms. The van der Waals surface area contributed by atoms with Gasteiger partial charge in [-0.05, 0) is 44.4 Å². The van der Waals surface area contributed by atoms with Crippen LogP contribution in [0.1, 0.15) is 30.5 Å². The lowest BCUT2D eigenvalue weighted by atomic mass is 9.85. The molecule has 19 heavy (non-hydrogen) atoms. The fourth-order valence-corrected chi connectivity index (χ4v) is 2.29. The zero-order valence-corrected chi connectivity index (χ0v) is 12.0. The zero-order valence-electron chi connectivity index (χ0n) is 12.0. The van der Waals surface area contributed by atoms with Gasteiger partial charge in [0.05, 0.1) is 11.5 Å². The van der Waals surface area contributed by atoms with Gasteiger partial charge in [-0.25, -0.2) is 0 Å². The molecule has 0 heterocycles. The van der Waals surface area contributed by atoms with Crippen molar-refractivity contribution in [1.29, 1.82) is 5.26 Å². The van der Waals surface area contributed by atoms with E-state index in [1.807, 2.05) is 13.8 Å². The summed E-state index contributed by atoms with van der Waals surface area (Å²) in [6.45, 7) is 8.12. The van der Waals surface area contributed by atoms with E-state index in [0.29, 0.717) is 0 Å². The Morgan fingerprint density at radius 1 is 0.842 bits per heavy atom. The molecule has 96 valence electrons. The second-order valence-corrected chi connectivity index (χ2v) is 5.69. The fraction of sp³-hybridized carbons (Fsp3) is 0.278. The lowest BCUT2D eigenvalue weighted by Gasteiger charge is -2.16. The van der Waals surface area contributed by atoms with E-state index in [2.05, 4.69) is 62.4 Å². The van der Waals surface area contributed by atoms with Crippen LogP contribution in [0.2, 0.25) is 0 Å². The number of nitrogens with zero attached hydrogens (tertiary/aromatic N) is 1. The molecule has 0 unspecified atom stereocenters. The van der Waals surface area contributed by atoms with E-state index in [0.717, 1.165) is 5.56 Å². The Balaban J connectivity index is 2.41. The molecule has 0 aromatic heterocycles. The molecular weight excluding hydrogens is 230 g/mol. The minimum Gasteiger partial charge on any atom is -0.197 e. The number of hydrogen-bond acceptors (Lipinski definition) is 1. The Kier molecular flexibility index (Phi) is 3.44. The van der Waals surface area contributed by atoms with E-state index in [-0.39, 0.29) is 0 Å². The first-order valence-electron chi connectivity index (χ1n) is 6.53. The highest BCUT2D eigenvalue weighted by atomic mass is 14.3. The third kappa shape index (κ3) is 2.85. The Morgan fingerprint density at radius 2 is 1.37 bits per heavy atom. The van der Waals surface area contributed by atoms with Crippen molar-refractivity contribution in [2.24, 2.45) is 0 Å². The van der Waals surface area contributed by atoms with Crippen LogP contribution in [0.4, 0.5) is 0 Å². The largest absolute Gasteiger partial charge is 0.197 e. The van der Waals surface area contributed by atoms with E-state index in [4.69, 9.17) is 5.26 Å². The Hall–Kier alpha value is -2.07. The average Bonchev–Trinajstić information content (AvgIpc) is 2.38. The van der Waals surface area contributed by atoms with Crippen molar-refractivity contribution in [1.82, 2.24) is 0 Å². The molecule has 1 nitrogen and oxygen atoms in total. The molecule has 0 saturated heterocycles. The summed E-state index contributed by atoms with van der Waals surface area (Å²) in [6.07, 6.45) is 0. The van der Waals surface area contributed by atoms with Gasteiger partial charge in [-0.3, -0.25) is 0 Å². The fourth-order valence-electron chi connectivity index (χ4n) is 2.29. The van der Waals surface area contributed by atoms with Crippen LogP contribution in [0, 0.1) is 25.2 Å². The maximum atomic E-state index is 9.16. The van der Waals surface area contributed by atoms with Gasteiger partial charge >= 0.3 is 0 Å². The molecule has 0 saturated carbocycles. The Labute approximate surface area is 115 Å². The summed E-state index contributed by atoms with van der Waals surface area (Å²) in [7, 11) is 0. The number of hydrogen-bond donors (Lipinski definition) is 0. The van der Waals surface area contributed by atoms with Crippen molar-refractivity contribution in [3.63, 3.8) is 0 Å². The predicted octanol–water partition coefficient (Wildman–Crippen LogP) is 4.77. The molecule has 0 aliphatic rings. The van der Waals surface area contributed by atoms with Crippen molar-refractivity contribution in [2.75, 3.05) is 0 Å². The van der Waals surface area contributed by atoms with Crippen LogP contribution in [0.15, 0.2) is 42.5 Å². The molecule has 2 aromatic rings. The first-order valence-corrected chi connectivity index (χ1v) is 6.53. The lowest BCUT2D eigenvalue weighted by Crippen LogP contribution is -2.13. The molecule has 2 aromatic carbocycles. The Morgan fingerprint density at radius 3 is 1.84 bits per heavy atom. The topological polar surface area (TPSA) is 23.8 Å². The highest BCUT2D eigenvalue weighted by Crippen LogP contribution is 2.27. The molecule has 0 fully saturated rings. The normalized spacial score (nSPS) is 11.1. The smallest absolute Gasteiger partial charge is 0.0766 e. The van der Waals surface area contributed by atoms with Gasteiger partial charge in [0.15, 0.2) is 0 Å². The summed E-state index contributed by atoms with van der Waals surface area (Å²) >= 11 is 0. The quantitative estimate of drug-likeness (QED) is 0.752. The van der Waals surface area contributed by atoms with Gasteiger partial charge in [0.25, 0.3) is 0 Å². The third-order valence-corrected chi connectivity index (χ3v) is 3.44. The second kappa shape index (κ2) is 4.90. The molecule has 0 atom stereocenters. The van der Waals surface area contributed by atoms with E-state index in [9.17, 15) is 0 Å². The standard InChI is InChI=1S/C18H19N/c1-13-9-14(2)11-16(10-13)15-5-7-17(8-6-15)18(3,4)12-19/h5-11H,1-4H3. The minimum absolute atomic E-state index is 0.430. The van der Waals surface area contributed by atoms with Gasteiger partial charge in [0.1, 0.15) is 0 Å². The summed E-state index contributed by atoms with van der Waals surface area (Å²) in [5, 5.41) is 9.16. The maximum absolute atomic E-state index is 9.16. The van der Waals surface area contributed by atoms with Gasteiger partial charge in [0, 0.05) is 0 Å². The van der Waals surface area contributed by atoms with Crippen LogP contribution < -0.4 is 0 Å². The van der Waals surface area contributed by atoms with Crippen molar-refractivity contribution < 1.29 is 0 Å². The molecule has 0 bridgehead atoms. The van der Waals surface area contributed by atoms with Crippen LogP contribution in [0.5, 0.6) is 0 Å². The highest BCUT2D eigenvalue weighted by Gasteiger charge is 2.19. The van der Waals surface area contributed by atoms with Crippen molar-refractivity contribution >= 4 is 0 Å². The van der Waals surface area contributed by atoms with Crippen LogP contribution in [0.25, 0.3) is 11.1 Å².